The van der Waals surface area contributed by atoms with Crippen LogP contribution in [0.25, 0.3) is 16.8 Å². The van der Waals surface area contributed by atoms with E-state index in [1.165, 1.54) is 0 Å². The Morgan fingerprint density at radius 1 is 1.41 bits per heavy atom. The van der Waals surface area contributed by atoms with Gasteiger partial charge in [-0.25, -0.2) is 4.79 Å². The van der Waals surface area contributed by atoms with Crippen molar-refractivity contribution in [1.82, 2.24) is 14.2 Å². The molecule has 3 rings (SSSR count). The summed E-state index contributed by atoms with van der Waals surface area (Å²) in [5, 5.41) is 4.19. The number of nitrogens with zero attached hydrogens (tertiary/aromatic N) is 3. The van der Waals surface area contributed by atoms with E-state index < -0.39 is 0 Å². The van der Waals surface area contributed by atoms with E-state index in [4.69, 9.17) is 10.5 Å². The minimum atomic E-state index is -0.334. The van der Waals surface area contributed by atoms with Gasteiger partial charge in [0.05, 0.1) is 24.1 Å². The lowest BCUT2D eigenvalue weighted by molar-refractivity contribution is 0.0527. The molecule has 6 nitrogen and oxygen atoms in total. The molecule has 114 valence electrons. The van der Waals surface area contributed by atoms with Crippen LogP contribution in [0.15, 0.2) is 36.8 Å². The number of ether oxygens (including phenoxy) is 1. The molecule has 6 heteroatoms. The SMILES string of the molecule is CCOC(=O)c1cc2cc(CN)ccn2c1-c1cnn(C)c1. The molecule has 2 N–H and O–H groups in total. The Balaban J connectivity index is 2.25. The molecule has 0 aliphatic carbocycles. The molecule has 0 fully saturated rings. The summed E-state index contributed by atoms with van der Waals surface area (Å²) in [6.45, 7) is 2.59. The van der Waals surface area contributed by atoms with E-state index in [-0.39, 0.29) is 5.97 Å². The van der Waals surface area contributed by atoms with Crippen molar-refractivity contribution in [3.63, 3.8) is 0 Å². The number of carbonyl (C=O) groups is 1. The fourth-order valence-corrected chi connectivity index (χ4v) is 2.55. The Kier molecular flexibility index (Phi) is 3.68. The smallest absolute Gasteiger partial charge is 0.340 e. The lowest BCUT2D eigenvalue weighted by Gasteiger charge is -2.05. The van der Waals surface area contributed by atoms with E-state index in [1.54, 1.807) is 17.8 Å². The number of pyridine rings is 1. The molecule has 0 saturated carbocycles. The molecule has 3 aromatic rings. The van der Waals surface area contributed by atoms with Crippen LogP contribution < -0.4 is 5.73 Å². The number of hydrogen-bond acceptors (Lipinski definition) is 4. The summed E-state index contributed by atoms with van der Waals surface area (Å²) in [5.74, 6) is -0.334. The Morgan fingerprint density at radius 3 is 2.86 bits per heavy atom. The average molecular weight is 298 g/mol. The van der Waals surface area contributed by atoms with E-state index in [2.05, 4.69) is 5.10 Å². The Morgan fingerprint density at radius 2 is 2.23 bits per heavy atom. The predicted molar refractivity (Wildman–Crippen MR) is 83.4 cm³/mol. The van der Waals surface area contributed by atoms with E-state index in [9.17, 15) is 4.79 Å². The molecule has 3 aromatic heterocycles. The zero-order valence-corrected chi connectivity index (χ0v) is 12.6. The molecule has 0 bridgehead atoms. The second kappa shape index (κ2) is 5.65. The van der Waals surface area contributed by atoms with E-state index >= 15 is 0 Å². The zero-order chi connectivity index (χ0) is 15.7. The second-order valence-corrected chi connectivity index (χ2v) is 5.06. The fraction of sp³-hybridized carbons (Fsp3) is 0.250. The van der Waals surface area contributed by atoms with Gasteiger partial charge >= 0.3 is 5.97 Å². The van der Waals surface area contributed by atoms with E-state index in [1.807, 2.05) is 42.0 Å². The highest BCUT2D eigenvalue weighted by molar-refractivity contribution is 5.99. The second-order valence-electron chi connectivity index (χ2n) is 5.06. The highest BCUT2D eigenvalue weighted by Gasteiger charge is 2.20. The number of nitrogens with two attached hydrogens (primary N) is 1. The van der Waals surface area contributed by atoms with Crippen LogP contribution in [-0.4, -0.2) is 26.8 Å². The van der Waals surface area contributed by atoms with Crippen LogP contribution in [-0.2, 0) is 18.3 Å². The van der Waals surface area contributed by atoms with Gasteiger partial charge in [0, 0.05) is 37.1 Å². The summed E-state index contributed by atoms with van der Waals surface area (Å²) in [5.41, 5.74) is 9.79. The number of aryl methyl sites for hydroxylation is 1. The third kappa shape index (κ3) is 2.37. The number of rotatable bonds is 4. The topological polar surface area (TPSA) is 74.6 Å². The largest absolute Gasteiger partial charge is 0.462 e. The van der Waals surface area contributed by atoms with Crippen LogP contribution in [0.1, 0.15) is 22.8 Å². The van der Waals surface area contributed by atoms with Crippen LogP contribution in [0.4, 0.5) is 0 Å². The quantitative estimate of drug-likeness (QED) is 0.747. The molecule has 0 unspecified atom stereocenters. The van der Waals surface area contributed by atoms with Gasteiger partial charge in [-0.1, -0.05) is 0 Å². The zero-order valence-electron chi connectivity index (χ0n) is 12.6. The van der Waals surface area contributed by atoms with Crippen molar-refractivity contribution < 1.29 is 9.53 Å². The van der Waals surface area contributed by atoms with Gasteiger partial charge in [0.15, 0.2) is 0 Å². The highest BCUT2D eigenvalue weighted by Crippen LogP contribution is 2.28. The van der Waals surface area contributed by atoms with Crippen molar-refractivity contribution in [3.05, 3.63) is 47.9 Å². The van der Waals surface area contributed by atoms with Gasteiger partial charge < -0.3 is 14.9 Å². The Labute approximate surface area is 128 Å². The van der Waals surface area contributed by atoms with Gasteiger partial charge in [0.2, 0.25) is 0 Å². The summed E-state index contributed by atoms with van der Waals surface area (Å²) in [6, 6.07) is 5.75. The lowest BCUT2D eigenvalue weighted by atomic mass is 10.1. The summed E-state index contributed by atoms with van der Waals surface area (Å²) in [4.78, 5) is 12.3. The molecule has 0 aliphatic rings. The van der Waals surface area contributed by atoms with Crippen LogP contribution in [0.2, 0.25) is 0 Å². The third-order valence-electron chi connectivity index (χ3n) is 3.55. The normalized spacial score (nSPS) is 11.0. The molecular weight excluding hydrogens is 280 g/mol. The molecule has 0 aromatic carbocycles. The Hall–Kier alpha value is -2.60. The van der Waals surface area contributed by atoms with Crippen LogP contribution in [0.5, 0.6) is 0 Å². The monoisotopic (exact) mass is 298 g/mol. The molecular formula is C16H18N4O2. The summed E-state index contributed by atoms with van der Waals surface area (Å²) >= 11 is 0. The lowest BCUT2D eigenvalue weighted by Crippen LogP contribution is -2.05. The maximum Gasteiger partial charge on any atom is 0.340 e. The molecule has 22 heavy (non-hydrogen) atoms. The van der Waals surface area contributed by atoms with Gasteiger partial charge in [0.25, 0.3) is 0 Å². The standard InChI is InChI=1S/C16H18N4O2/c1-3-22-16(21)14-7-13-6-11(8-17)4-5-20(13)15(14)12-9-18-19(2)10-12/h4-7,9-10H,3,8,17H2,1-2H3. The minimum Gasteiger partial charge on any atom is -0.462 e. The van der Waals surface area contributed by atoms with E-state index in [0.29, 0.717) is 18.7 Å². The van der Waals surface area contributed by atoms with Crippen molar-refractivity contribution in [2.24, 2.45) is 12.8 Å². The third-order valence-corrected chi connectivity index (χ3v) is 3.55. The molecule has 0 amide bonds. The first-order valence-electron chi connectivity index (χ1n) is 7.14. The van der Waals surface area contributed by atoms with Crippen molar-refractivity contribution in [2.75, 3.05) is 6.61 Å². The predicted octanol–water partition coefficient (Wildman–Crippen LogP) is 1.98. The summed E-state index contributed by atoms with van der Waals surface area (Å²) in [6.07, 6.45) is 5.53. The number of hydrogen-bond donors (Lipinski definition) is 1. The first-order valence-corrected chi connectivity index (χ1v) is 7.14. The highest BCUT2D eigenvalue weighted by atomic mass is 16.5. The van der Waals surface area contributed by atoms with Crippen molar-refractivity contribution >= 4 is 11.5 Å². The maximum absolute atomic E-state index is 12.3. The minimum absolute atomic E-state index is 0.334. The number of aromatic nitrogens is 3. The van der Waals surface area contributed by atoms with Gasteiger partial charge in [-0.2, -0.15) is 5.10 Å². The van der Waals surface area contributed by atoms with Crippen LogP contribution in [0, 0.1) is 0 Å². The Bertz CT molecular complexity index is 832. The molecule has 3 heterocycles. The first kappa shape index (κ1) is 14.3. The molecule has 0 saturated heterocycles. The maximum atomic E-state index is 12.3. The van der Waals surface area contributed by atoms with Crippen LogP contribution >= 0.6 is 0 Å². The van der Waals surface area contributed by atoms with Gasteiger partial charge in [-0.05, 0) is 30.7 Å². The average Bonchev–Trinajstić information content (AvgIpc) is 3.09. The molecule has 0 radical (unpaired) electrons. The van der Waals surface area contributed by atoms with Gasteiger partial charge in [-0.3, -0.25) is 4.68 Å². The van der Waals surface area contributed by atoms with Crippen molar-refractivity contribution in [2.45, 2.75) is 13.5 Å². The number of fused-ring (bicyclic) bond motifs is 1. The molecule has 0 aliphatic heterocycles. The number of carbonyl (C=O) groups excluding carboxylic acids is 1. The first-order chi connectivity index (χ1) is 10.6. The fourth-order valence-electron chi connectivity index (χ4n) is 2.55. The van der Waals surface area contributed by atoms with Crippen LogP contribution in [0.3, 0.4) is 0 Å². The molecule has 0 atom stereocenters. The van der Waals surface area contributed by atoms with Gasteiger partial charge in [0.1, 0.15) is 0 Å². The summed E-state index contributed by atoms with van der Waals surface area (Å²) < 4.78 is 8.85. The van der Waals surface area contributed by atoms with Gasteiger partial charge in [-0.15, -0.1) is 0 Å². The number of esters is 1. The van der Waals surface area contributed by atoms with Crippen molar-refractivity contribution in [3.8, 4) is 11.3 Å². The van der Waals surface area contributed by atoms with Crippen molar-refractivity contribution in [1.29, 1.82) is 0 Å². The summed E-state index contributed by atoms with van der Waals surface area (Å²) in [7, 11) is 1.84. The van der Waals surface area contributed by atoms with E-state index in [0.717, 1.165) is 22.3 Å². The molecule has 0 spiro atoms.